The topological polar surface area (TPSA) is 19.0 Å². The van der Waals surface area contributed by atoms with E-state index in [1.165, 1.54) is 0 Å². The molecule has 0 spiro atoms. The lowest BCUT2D eigenvalue weighted by Gasteiger charge is -2.07. The van der Waals surface area contributed by atoms with Crippen molar-refractivity contribution in [2.75, 3.05) is 20.5 Å². The van der Waals surface area contributed by atoms with E-state index >= 15 is 0 Å². The molecule has 1 aromatic carbocycles. The molecule has 1 aromatic heterocycles. The Kier molecular flexibility index (Phi) is 1.23. The highest BCUT2D eigenvalue weighted by Gasteiger charge is 2.02. The Morgan fingerprint density at radius 2 is 2.21 bits per heavy atom. The lowest BCUT2D eigenvalue weighted by Crippen LogP contribution is -2.14. The fourth-order valence-corrected chi connectivity index (χ4v) is 1.57. The highest BCUT2D eigenvalue weighted by atomic mass is 15.0. The minimum atomic E-state index is -2.63. The second kappa shape index (κ2) is 3.84. The van der Waals surface area contributed by atoms with E-state index in [0.717, 1.165) is 16.5 Å². The molecule has 2 nitrogen and oxygen atoms in total. The molecule has 1 heterocycles. The van der Waals surface area contributed by atoms with Gasteiger partial charge in [-0.3, -0.25) is 0 Å². The minimum absolute atomic E-state index is 0.0468. The number of H-pyrrole nitrogens is 1. The van der Waals surface area contributed by atoms with Gasteiger partial charge in [0.1, 0.15) is 0 Å². The van der Waals surface area contributed by atoms with E-state index in [1.54, 1.807) is 6.20 Å². The average molecular weight is 194 g/mol. The molecule has 0 fully saturated rings. The number of para-hydroxylation sites is 1. The maximum atomic E-state index is 7.33. The van der Waals surface area contributed by atoms with Crippen LogP contribution in [0.5, 0.6) is 0 Å². The molecular formula is C12H16N2. The van der Waals surface area contributed by atoms with Gasteiger partial charge in [-0.2, -0.15) is 0 Å². The molecule has 1 N–H and O–H groups in total. The molecule has 2 rings (SSSR count). The number of nitrogens with zero attached hydrogens (tertiary/aromatic N) is 1. The lowest BCUT2D eigenvalue weighted by molar-refractivity contribution is 0.414. The fraction of sp³-hybridized carbons (Fsp3) is 0.333. The van der Waals surface area contributed by atoms with E-state index in [4.69, 9.17) is 8.22 Å². The zero-order valence-corrected chi connectivity index (χ0v) is 7.75. The van der Waals surface area contributed by atoms with Crippen molar-refractivity contribution in [2.45, 2.75) is 6.42 Å². The van der Waals surface area contributed by atoms with Gasteiger partial charge >= 0.3 is 0 Å². The first-order valence-electron chi connectivity index (χ1n) is 7.52. The Labute approximate surface area is 93.0 Å². The summed E-state index contributed by atoms with van der Waals surface area (Å²) in [5, 5.41) is 0.989. The summed E-state index contributed by atoms with van der Waals surface area (Å²) in [7, 11) is 0. The number of rotatable bonds is 3. The highest BCUT2D eigenvalue weighted by molar-refractivity contribution is 5.83. The maximum absolute atomic E-state index is 7.33. The largest absolute Gasteiger partial charge is 0.361 e. The van der Waals surface area contributed by atoms with E-state index in [2.05, 4.69) is 4.98 Å². The second-order valence-corrected chi connectivity index (χ2v) is 3.26. The van der Waals surface area contributed by atoms with E-state index in [0.29, 0.717) is 11.3 Å². The molecule has 0 aliphatic carbocycles. The fourth-order valence-electron chi connectivity index (χ4n) is 1.57. The Morgan fingerprint density at radius 1 is 1.36 bits per heavy atom. The van der Waals surface area contributed by atoms with E-state index < -0.39 is 14.0 Å². The minimum Gasteiger partial charge on any atom is -0.361 e. The van der Waals surface area contributed by atoms with Crippen LogP contribution in [0.25, 0.3) is 10.9 Å². The molecule has 0 aliphatic heterocycles. The second-order valence-electron chi connectivity index (χ2n) is 3.26. The molecule has 2 aromatic rings. The van der Waals surface area contributed by atoms with E-state index in [-0.39, 0.29) is 6.54 Å². The van der Waals surface area contributed by atoms with Crippen molar-refractivity contribution >= 4 is 10.9 Å². The van der Waals surface area contributed by atoms with Crippen molar-refractivity contribution in [1.29, 1.82) is 0 Å². The predicted molar refractivity (Wildman–Crippen MR) is 60.6 cm³/mol. The zero-order chi connectivity index (χ0) is 15.0. The first kappa shape index (κ1) is 4.49. The Hall–Kier alpha value is -1.28. The van der Waals surface area contributed by atoms with Gasteiger partial charge in [-0.25, -0.2) is 0 Å². The van der Waals surface area contributed by atoms with Crippen LogP contribution in [0, 0.1) is 0 Å². The number of benzene rings is 1. The summed E-state index contributed by atoms with van der Waals surface area (Å²) < 4.78 is 44.0. The van der Waals surface area contributed by atoms with Crippen LogP contribution in [0.2, 0.25) is 0 Å². The van der Waals surface area contributed by atoms with Crippen molar-refractivity contribution in [3.63, 3.8) is 0 Å². The molecule has 0 atom stereocenters. The van der Waals surface area contributed by atoms with Gasteiger partial charge in [0, 0.05) is 31.9 Å². The van der Waals surface area contributed by atoms with Crippen LogP contribution in [0.1, 0.15) is 13.8 Å². The van der Waals surface area contributed by atoms with Crippen molar-refractivity contribution in [1.82, 2.24) is 9.88 Å². The third kappa shape index (κ3) is 1.80. The summed E-state index contributed by atoms with van der Waals surface area (Å²) in [6, 6.07) is 7.64. The lowest BCUT2D eigenvalue weighted by atomic mass is 10.1. The van der Waals surface area contributed by atoms with Crippen LogP contribution in [0.4, 0.5) is 0 Å². The SMILES string of the molecule is [2H]C([2H])([2H])N(CCc1c[nH]c2ccccc12)C([2H])([2H])[2H]. The van der Waals surface area contributed by atoms with E-state index in [1.807, 2.05) is 24.3 Å². The van der Waals surface area contributed by atoms with Gasteiger partial charge in [-0.15, -0.1) is 0 Å². The molecule has 74 valence electrons. The first-order valence-corrected chi connectivity index (χ1v) is 4.52. The number of aromatic nitrogens is 1. The predicted octanol–water partition coefficient (Wildman–Crippen LogP) is 2.27. The Morgan fingerprint density at radius 3 is 3.07 bits per heavy atom. The zero-order valence-electron chi connectivity index (χ0n) is 13.7. The number of nitrogens with one attached hydrogen (secondary N) is 1. The van der Waals surface area contributed by atoms with Crippen LogP contribution in [-0.4, -0.2) is 30.4 Å². The third-order valence-electron chi connectivity index (χ3n) is 2.28. The van der Waals surface area contributed by atoms with Gasteiger partial charge in [0.05, 0.1) is 0 Å². The Balaban J connectivity index is 2.18. The molecule has 0 bridgehead atoms. The summed E-state index contributed by atoms with van der Waals surface area (Å²) in [5.41, 5.74) is 1.87. The molecular weight excluding hydrogens is 172 g/mol. The molecule has 0 unspecified atom stereocenters. The van der Waals surface area contributed by atoms with Gasteiger partial charge < -0.3 is 9.88 Å². The van der Waals surface area contributed by atoms with E-state index in [9.17, 15) is 0 Å². The average Bonchev–Trinajstić information content (AvgIpc) is 2.69. The number of fused-ring (bicyclic) bond motifs is 1. The number of hydrogen-bond donors (Lipinski definition) is 1. The third-order valence-corrected chi connectivity index (χ3v) is 2.28. The van der Waals surface area contributed by atoms with Gasteiger partial charge in [0.15, 0.2) is 0 Å². The number of aromatic amines is 1. The highest BCUT2D eigenvalue weighted by Crippen LogP contribution is 2.17. The van der Waals surface area contributed by atoms with Gasteiger partial charge in [-0.1, -0.05) is 18.2 Å². The molecule has 0 radical (unpaired) electrons. The molecule has 2 heteroatoms. The summed E-state index contributed by atoms with van der Waals surface area (Å²) in [6.07, 6.45) is 2.16. The van der Waals surface area contributed by atoms with Crippen LogP contribution in [-0.2, 0) is 6.42 Å². The van der Waals surface area contributed by atoms with Gasteiger partial charge in [0.25, 0.3) is 0 Å². The van der Waals surface area contributed by atoms with Crippen LogP contribution < -0.4 is 0 Å². The summed E-state index contributed by atoms with van der Waals surface area (Å²) in [4.78, 5) is 3.67. The molecule has 0 aliphatic rings. The molecule has 0 amide bonds. The Bertz CT molecular complexity index is 569. The van der Waals surface area contributed by atoms with Crippen molar-refractivity contribution < 1.29 is 8.22 Å². The monoisotopic (exact) mass is 194 g/mol. The normalized spacial score (nSPS) is 19.5. The van der Waals surface area contributed by atoms with Crippen LogP contribution >= 0.6 is 0 Å². The summed E-state index contributed by atoms with van der Waals surface area (Å²) in [5.74, 6) is 0. The van der Waals surface area contributed by atoms with Crippen LogP contribution in [0.15, 0.2) is 30.5 Å². The van der Waals surface area contributed by atoms with Crippen molar-refractivity contribution in [3.05, 3.63) is 36.0 Å². The smallest absolute Gasteiger partial charge is 0.0456 e. The van der Waals surface area contributed by atoms with Crippen LogP contribution in [0.3, 0.4) is 0 Å². The van der Waals surface area contributed by atoms with Crippen molar-refractivity contribution in [3.8, 4) is 0 Å². The van der Waals surface area contributed by atoms with Gasteiger partial charge in [-0.05, 0) is 32.0 Å². The quantitative estimate of drug-likeness (QED) is 0.794. The van der Waals surface area contributed by atoms with Gasteiger partial charge in [0.2, 0.25) is 0 Å². The number of likely N-dealkylation sites (N-methyl/N-ethyl adjacent to an activating group) is 1. The van der Waals surface area contributed by atoms with Crippen molar-refractivity contribution in [2.24, 2.45) is 0 Å². The summed E-state index contributed by atoms with van der Waals surface area (Å²) >= 11 is 0. The number of hydrogen-bond acceptors (Lipinski definition) is 1. The maximum Gasteiger partial charge on any atom is 0.0456 e. The molecule has 0 saturated heterocycles. The molecule has 0 saturated carbocycles. The first-order chi connectivity index (χ1) is 9.19. The standard InChI is InChI=1S/C12H16N2/c1-14(2)8-7-10-9-13-12-6-4-3-5-11(10)12/h3-6,9,13H,7-8H2,1-2H3/i1D3,2D3. The summed E-state index contributed by atoms with van der Waals surface area (Å²) in [6.45, 7) is -5.30. The molecule has 14 heavy (non-hydrogen) atoms.